The molecule has 0 bridgehead atoms. The fourth-order valence-electron chi connectivity index (χ4n) is 3.83. The van der Waals surface area contributed by atoms with Crippen LogP contribution in [0.3, 0.4) is 0 Å². The largest absolute Gasteiger partial charge is 0.353 e. The highest BCUT2D eigenvalue weighted by molar-refractivity contribution is 5.88. The van der Waals surface area contributed by atoms with Gasteiger partial charge in [-0.3, -0.25) is 14.5 Å². The minimum atomic E-state index is -0.551. The molecule has 31 heavy (non-hydrogen) atoms. The molecule has 0 aliphatic carbocycles. The van der Waals surface area contributed by atoms with Crippen molar-refractivity contribution in [3.05, 3.63) is 71.8 Å². The van der Waals surface area contributed by atoms with Crippen LogP contribution in [0.25, 0.3) is 0 Å². The Morgan fingerprint density at radius 3 is 1.94 bits per heavy atom. The summed E-state index contributed by atoms with van der Waals surface area (Å²) in [7, 11) is 0. The molecule has 0 aliphatic heterocycles. The van der Waals surface area contributed by atoms with Gasteiger partial charge in [-0.05, 0) is 36.6 Å². The summed E-state index contributed by atoms with van der Waals surface area (Å²) < 4.78 is 0. The van der Waals surface area contributed by atoms with Crippen molar-refractivity contribution in [1.82, 2.24) is 15.5 Å². The van der Waals surface area contributed by atoms with E-state index >= 15 is 0 Å². The van der Waals surface area contributed by atoms with E-state index in [0.717, 1.165) is 25.1 Å². The normalized spacial score (nSPS) is 13.1. The molecule has 0 saturated heterocycles. The number of likely N-dealkylation sites (N-methyl/N-ethyl adjacent to an activating group) is 1. The summed E-state index contributed by atoms with van der Waals surface area (Å²) in [6, 6.07) is 19.6. The topological polar surface area (TPSA) is 61.4 Å². The molecule has 2 aromatic carbocycles. The lowest BCUT2D eigenvalue weighted by Crippen LogP contribution is -2.53. The predicted molar refractivity (Wildman–Crippen MR) is 127 cm³/mol. The summed E-state index contributed by atoms with van der Waals surface area (Å²) >= 11 is 0. The molecule has 0 radical (unpaired) electrons. The molecule has 2 N–H and O–H groups in total. The van der Waals surface area contributed by atoms with Gasteiger partial charge in [-0.2, -0.15) is 0 Å². The van der Waals surface area contributed by atoms with Crippen LogP contribution in [-0.2, 0) is 22.4 Å². The van der Waals surface area contributed by atoms with Gasteiger partial charge in [0, 0.05) is 12.6 Å². The first kappa shape index (κ1) is 24.6. The first-order valence-electron chi connectivity index (χ1n) is 11.3. The molecule has 5 nitrogen and oxygen atoms in total. The van der Waals surface area contributed by atoms with E-state index in [0.29, 0.717) is 6.54 Å². The number of carbonyl (C=O) groups is 2. The Kier molecular flexibility index (Phi) is 10.2. The highest BCUT2D eigenvalue weighted by Crippen LogP contribution is 2.10. The summed E-state index contributed by atoms with van der Waals surface area (Å²) in [5.41, 5.74) is 2.19. The average molecular weight is 424 g/mol. The summed E-state index contributed by atoms with van der Waals surface area (Å²) in [5, 5.41) is 6.04. The van der Waals surface area contributed by atoms with Crippen LogP contribution in [0.4, 0.5) is 0 Å². The monoisotopic (exact) mass is 423 g/mol. The van der Waals surface area contributed by atoms with E-state index in [1.807, 2.05) is 62.4 Å². The lowest BCUT2D eigenvalue weighted by molar-refractivity contribution is -0.129. The smallest absolute Gasteiger partial charge is 0.242 e. The van der Waals surface area contributed by atoms with Crippen LogP contribution < -0.4 is 10.6 Å². The molecule has 2 amide bonds. The molecule has 2 aromatic rings. The SMILES string of the molecule is CCN(CC)C(CNC(=O)C(NC(=O)Cc1ccccc1)C(C)C)Cc1ccccc1. The third-order valence-corrected chi connectivity index (χ3v) is 5.63. The van der Waals surface area contributed by atoms with Crippen molar-refractivity contribution in [3.8, 4) is 0 Å². The maximum absolute atomic E-state index is 13.0. The van der Waals surface area contributed by atoms with E-state index in [4.69, 9.17) is 0 Å². The number of benzene rings is 2. The van der Waals surface area contributed by atoms with Gasteiger partial charge in [0.05, 0.1) is 6.42 Å². The van der Waals surface area contributed by atoms with Gasteiger partial charge in [0.2, 0.25) is 11.8 Å². The minimum absolute atomic E-state index is 0.000694. The molecule has 2 atom stereocenters. The van der Waals surface area contributed by atoms with Crippen molar-refractivity contribution in [2.45, 2.75) is 52.6 Å². The van der Waals surface area contributed by atoms with Crippen LogP contribution >= 0.6 is 0 Å². The van der Waals surface area contributed by atoms with Crippen LogP contribution in [-0.4, -0.2) is 48.4 Å². The third kappa shape index (κ3) is 8.18. The second-order valence-electron chi connectivity index (χ2n) is 8.26. The molecule has 5 heteroatoms. The highest BCUT2D eigenvalue weighted by Gasteiger charge is 2.25. The molecule has 168 valence electrons. The number of hydrogen-bond donors (Lipinski definition) is 2. The Morgan fingerprint density at radius 1 is 0.871 bits per heavy atom. The number of rotatable bonds is 12. The number of hydrogen-bond acceptors (Lipinski definition) is 3. The first-order valence-corrected chi connectivity index (χ1v) is 11.3. The zero-order valence-electron chi connectivity index (χ0n) is 19.3. The van der Waals surface area contributed by atoms with Crippen molar-refractivity contribution in [1.29, 1.82) is 0 Å². The molecule has 0 aromatic heterocycles. The Balaban J connectivity index is 1.99. The zero-order valence-corrected chi connectivity index (χ0v) is 19.3. The molecular formula is C26H37N3O2. The van der Waals surface area contributed by atoms with E-state index in [1.165, 1.54) is 5.56 Å². The number of nitrogens with one attached hydrogen (secondary N) is 2. The second-order valence-corrected chi connectivity index (χ2v) is 8.26. The fraction of sp³-hybridized carbons (Fsp3) is 0.462. The van der Waals surface area contributed by atoms with E-state index in [2.05, 4.69) is 41.5 Å². The van der Waals surface area contributed by atoms with Crippen LogP contribution in [0.2, 0.25) is 0 Å². The number of amides is 2. The summed E-state index contributed by atoms with van der Waals surface area (Å²) in [6.45, 7) is 10.6. The minimum Gasteiger partial charge on any atom is -0.353 e. The van der Waals surface area contributed by atoms with E-state index in [-0.39, 0.29) is 30.2 Å². The summed E-state index contributed by atoms with van der Waals surface area (Å²) in [6.07, 6.45) is 1.14. The first-order chi connectivity index (χ1) is 14.9. The van der Waals surface area contributed by atoms with Crippen molar-refractivity contribution in [2.75, 3.05) is 19.6 Å². The third-order valence-electron chi connectivity index (χ3n) is 5.63. The molecule has 2 unspecified atom stereocenters. The maximum atomic E-state index is 13.0. The Bertz CT molecular complexity index is 789. The highest BCUT2D eigenvalue weighted by atomic mass is 16.2. The molecule has 2 rings (SSSR count). The maximum Gasteiger partial charge on any atom is 0.242 e. The summed E-state index contributed by atoms with van der Waals surface area (Å²) in [4.78, 5) is 27.9. The molecule has 0 heterocycles. The van der Waals surface area contributed by atoms with E-state index in [1.54, 1.807) is 0 Å². The Morgan fingerprint density at radius 2 is 1.42 bits per heavy atom. The Hall–Kier alpha value is -2.66. The van der Waals surface area contributed by atoms with Gasteiger partial charge in [0.25, 0.3) is 0 Å². The van der Waals surface area contributed by atoms with Gasteiger partial charge < -0.3 is 10.6 Å². The van der Waals surface area contributed by atoms with Crippen molar-refractivity contribution in [2.24, 2.45) is 5.92 Å². The molecular weight excluding hydrogens is 386 g/mol. The number of nitrogens with zero attached hydrogens (tertiary/aromatic N) is 1. The van der Waals surface area contributed by atoms with Crippen LogP contribution in [0.1, 0.15) is 38.8 Å². The zero-order chi connectivity index (χ0) is 22.6. The van der Waals surface area contributed by atoms with E-state index < -0.39 is 6.04 Å². The standard InChI is InChI=1S/C26H37N3O2/c1-5-29(6-2)23(17-21-13-9-7-10-14-21)19-27-26(31)25(20(3)4)28-24(30)18-22-15-11-8-12-16-22/h7-16,20,23,25H,5-6,17-19H2,1-4H3,(H,27,31)(H,28,30). The van der Waals surface area contributed by atoms with Gasteiger partial charge in [-0.1, -0.05) is 88.4 Å². The van der Waals surface area contributed by atoms with Gasteiger partial charge in [0.1, 0.15) is 6.04 Å². The molecule has 0 aliphatic rings. The van der Waals surface area contributed by atoms with Gasteiger partial charge in [-0.25, -0.2) is 0 Å². The Labute approximate surface area is 187 Å². The van der Waals surface area contributed by atoms with Crippen LogP contribution in [0.15, 0.2) is 60.7 Å². The second kappa shape index (κ2) is 12.9. The lowest BCUT2D eigenvalue weighted by Gasteiger charge is -2.31. The quantitative estimate of drug-likeness (QED) is 0.550. The van der Waals surface area contributed by atoms with Crippen molar-refractivity contribution in [3.63, 3.8) is 0 Å². The molecule has 0 spiro atoms. The lowest BCUT2D eigenvalue weighted by atomic mass is 10.0. The fourth-order valence-corrected chi connectivity index (χ4v) is 3.83. The van der Waals surface area contributed by atoms with Gasteiger partial charge in [0.15, 0.2) is 0 Å². The van der Waals surface area contributed by atoms with Crippen LogP contribution in [0, 0.1) is 5.92 Å². The number of carbonyl (C=O) groups excluding carboxylic acids is 2. The average Bonchev–Trinajstić information content (AvgIpc) is 2.77. The molecule has 0 fully saturated rings. The van der Waals surface area contributed by atoms with Gasteiger partial charge in [-0.15, -0.1) is 0 Å². The van der Waals surface area contributed by atoms with Crippen LogP contribution in [0.5, 0.6) is 0 Å². The van der Waals surface area contributed by atoms with Crippen molar-refractivity contribution < 1.29 is 9.59 Å². The summed E-state index contributed by atoms with van der Waals surface area (Å²) in [5.74, 6) is -0.257. The van der Waals surface area contributed by atoms with Gasteiger partial charge >= 0.3 is 0 Å². The van der Waals surface area contributed by atoms with E-state index in [9.17, 15) is 9.59 Å². The molecule has 0 saturated carbocycles. The predicted octanol–water partition coefficient (Wildman–Crippen LogP) is 3.44. The van der Waals surface area contributed by atoms with Crippen molar-refractivity contribution >= 4 is 11.8 Å².